The molecule has 3 aliphatic heterocycles. The van der Waals surface area contributed by atoms with Crippen LogP contribution in [0.2, 0.25) is 0 Å². The largest absolute Gasteiger partial charge is 0.507 e. The van der Waals surface area contributed by atoms with Gasteiger partial charge in [-0.05, 0) is 37.0 Å². The summed E-state index contributed by atoms with van der Waals surface area (Å²) in [4.78, 5) is 13.4. The zero-order valence-corrected chi connectivity index (χ0v) is 22.1. The molecule has 6 nitrogen and oxygen atoms in total. The van der Waals surface area contributed by atoms with Crippen LogP contribution in [0, 0.1) is 11.8 Å². The van der Waals surface area contributed by atoms with Gasteiger partial charge in [0.05, 0.1) is 18.8 Å². The molecule has 2 aromatic rings. The average molecular weight is 507 g/mol. The zero-order chi connectivity index (χ0) is 26.0. The summed E-state index contributed by atoms with van der Waals surface area (Å²) in [6, 6.07) is 11.2. The predicted molar refractivity (Wildman–Crippen MR) is 141 cm³/mol. The van der Waals surface area contributed by atoms with Gasteiger partial charge in [-0.2, -0.15) is 0 Å². The Kier molecular flexibility index (Phi) is 7.59. The first-order chi connectivity index (χ1) is 18.0. The van der Waals surface area contributed by atoms with Gasteiger partial charge in [-0.1, -0.05) is 75.6 Å². The molecular formula is C31H38O6. The van der Waals surface area contributed by atoms with Crippen LogP contribution in [0.3, 0.4) is 0 Å². The highest BCUT2D eigenvalue weighted by Gasteiger charge is 2.55. The van der Waals surface area contributed by atoms with Crippen molar-refractivity contribution in [1.29, 1.82) is 0 Å². The molecule has 1 spiro atoms. The number of hydrogen-bond acceptors (Lipinski definition) is 6. The first-order valence-electron chi connectivity index (χ1n) is 13.7. The first kappa shape index (κ1) is 25.8. The van der Waals surface area contributed by atoms with Crippen molar-refractivity contribution in [2.75, 3.05) is 6.61 Å². The number of phenolic OH excluding ortho intramolecular Hbond substituents is 1. The molecule has 0 aromatic heterocycles. The quantitative estimate of drug-likeness (QED) is 0.245. The lowest BCUT2D eigenvalue weighted by Crippen LogP contribution is -2.48. The van der Waals surface area contributed by atoms with Crippen molar-refractivity contribution in [3.05, 3.63) is 70.8 Å². The van der Waals surface area contributed by atoms with E-state index >= 15 is 0 Å². The number of ether oxygens (including phenoxy) is 4. The minimum Gasteiger partial charge on any atom is -0.507 e. The lowest BCUT2D eigenvalue weighted by molar-refractivity contribution is -0.214. The molecule has 0 amide bonds. The van der Waals surface area contributed by atoms with Gasteiger partial charge in [-0.15, -0.1) is 0 Å². The summed E-state index contributed by atoms with van der Waals surface area (Å²) in [5, 5.41) is 11.1. The van der Waals surface area contributed by atoms with E-state index in [4.69, 9.17) is 18.9 Å². The number of unbranched alkanes of at least 4 members (excludes halogenated alkanes) is 2. The number of rotatable bonds is 8. The second-order valence-corrected chi connectivity index (χ2v) is 10.6. The monoisotopic (exact) mass is 506 g/mol. The minimum absolute atomic E-state index is 0.0416. The molecule has 1 fully saturated rings. The van der Waals surface area contributed by atoms with Crippen LogP contribution < -0.4 is 4.74 Å². The van der Waals surface area contributed by atoms with Crippen LogP contribution in [-0.2, 0) is 27.2 Å². The van der Waals surface area contributed by atoms with Crippen molar-refractivity contribution in [2.45, 2.75) is 83.9 Å². The third-order valence-electron chi connectivity index (χ3n) is 8.10. The summed E-state index contributed by atoms with van der Waals surface area (Å²) in [5.41, 5.74) is 2.76. The van der Waals surface area contributed by atoms with E-state index in [1.54, 1.807) is 6.07 Å². The number of aromatic hydroxyl groups is 1. The summed E-state index contributed by atoms with van der Waals surface area (Å²) >= 11 is 0. The van der Waals surface area contributed by atoms with Crippen molar-refractivity contribution in [2.24, 2.45) is 11.8 Å². The Bertz CT molecular complexity index is 1140. The zero-order valence-electron chi connectivity index (χ0n) is 22.1. The second-order valence-electron chi connectivity index (χ2n) is 10.6. The normalized spacial score (nSPS) is 28.3. The van der Waals surface area contributed by atoms with Gasteiger partial charge >= 0.3 is 5.97 Å². The molecule has 5 atom stereocenters. The highest BCUT2D eigenvalue weighted by molar-refractivity contribution is 5.96. The average Bonchev–Trinajstić information content (AvgIpc) is 3.17. The SMILES string of the molecule is C/C=C/[C@@H]1CO[C@]2(C[C@@H]3O[C@H](CCCCC)Cc4cc(O)c(C(=O)OCc5ccccc5)c(c43)O2)[C@H]1C. The van der Waals surface area contributed by atoms with E-state index in [2.05, 4.69) is 19.9 Å². The number of carbonyl (C=O) groups is 1. The van der Waals surface area contributed by atoms with E-state index in [-0.39, 0.29) is 42.0 Å². The molecule has 5 rings (SSSR count). The third kappa shape index (κ3) is 5.01. The Morgan fingerprint density at radius 2 is 2.05 bits per heavy atom. The van der Waals surface area contributed by atoms with Crippen LogP contribution in [0.4, 0.5) is 0 Å². The maximum atomic E-state index is 13.4. The molecule has 0 bridgehead atoms. The van der Waals surface area contributed by atoms with Gasteiger partial charge in [0.2, 0.25) is 5.79 Å². The summed E-state index contributed by atoms with van der Waals surface area (Å²) in [5.74, 6) is -1.08. The molecule has 0 unspecified atom stereocenters. The van der Waals surface area contributed by atoms with Crippen LogP contribution >= 0.6 is 0 Å². The van der Waals surface area contributed by atoms with Gasteiger partial charge in [0, 0.05) is 23.8 Å². The summed E-state index contributed by atoms with van der Waals surface area (Å²) < 4.78 is 25.3. The van der Waals surface area contributed by atoms with Crippen molar-refractivity contribution in [1.82, 2.24) is 0 Å². The minimum atomic E-state index is -0.938. The fourth-order valence-electron chi connectivity index (χ4n) is 6.02. The molecule has 1 saturated heterocycles. The van der Waals surface area contributed by atoms with Gasteiger partial charge in [0.1, 0.15) is 23.7 Å². The molecule has 2 aromatic carbocycles. The second kappa shape index (κ2) is 10.9. The predicted octanol–water partition coefficient (Wildman–Crippen LogP) is 6.65. The molecule has 0 aliphatic carbocycles. The summed E-state index contributed by atoms with van der Waals surface area (Å²) in [6.07, 6.45) is 9.60. The van der Waals surface area contributed by atoms with Crippen LogP contribution in [0.5, 0.6) is 11.5 Å². The number of hydrogen-bond donors (Lipinski definition) is 1. The van der Waals surface area contributed by atoms with Crippen molar-refractivity contribution in [3.8, 4) is 11.5 Å². The molecule has 37 heavy (non-hydrogen) atoms. The van der Waals surface area contributed by atoms with Gasteiger partial charge in [0.25, 0.3) is 0 Å². The highest BCUT2D eigenvalue weighted by Crippen LogP contribution is 2.55. The maximum absolute atomic E-state index is 13.4. The summed E-state index contributed by atoms with van der Waals surface area (Å²) in [6.45, 7) is 6.97. The van der Waals surface area contributed by atoms with E-state index in [1.807, 2.05) is 43.3 Å². The Balaban J connectivity index is 1.51. The molecular weight excluding hydrogens is 468 g/mol. The van der Waals surface area contributed by atoms with E-state index in [0.29, 0.717) is 25.2 Å². The Hall–Kier alpha value is -2.83. The molecule has 0 saturated carbocycles. The maximum Gasteiger partial charge on any atom is 0.346 e. The smallest absolute Gasteiger partial charge is 0.346 e. The van der Waals surface area contributed by atoms with Gasteiger partial charge in [0.15, 0.2) is 0 Å². The molecule has 198 valence electrons. The fraction of sp³-hybridized carbons (Fsp3) is 0.516. The van der Waals surface area contributed by atoms with Gasteiger partial charge in [-0.3, -0.25) is 0 Å². The number of phenols is 1. The van der Waals surface area contributed by atoms with E-state index in [9.17, 15) is 9.90 Å². The Morgan fingerprint density at radius 3 is 2.81 bits per heavy atom. The summed E-state index contributed by atoms with van der Waals surface area (Å²) in [7, 11) is 0. The Labute approximate surface area is 219 Å². The highest BCUT2D eigenvalue weighted by atomic mass is 16.7. The molecule has 3 aliphatic rings. The van der Waals surface area contributed by atoms with Crippen LogP contribution in [-0.4, -0.2) is 29.6 Å². The lowest BCUT2D eigenvalue weighted by Gasteiger charge is -2.45. The topological polar surface area (TPSA) is 74.2 Å². The van der Waals surface area contributed by atoms with Crippen LogP contribution in [0.25, 0.3) is 0 Å². The molecule has 0 radical (unpaired) electrons. The van der Waals surface area contributed by atoms with Crippen molar-refractivity contribution >= 4 is 5.97 Å². The third-order valence-corrected chi connectivity index (χ3v) is 8.10. The van der Waals surface area contributed by atoms with E-state index in [0.717, 1.165) is 42.4 Å². The number of allylic oxidation sites excluding steroid dienone is 1. The molecule has 3 heterocycles. The first-order valence-corrected chi connectivity index (χ1v) is 13.7. The lowest BCUT2D eigenvalue weighted by atomic mass is 9.80. The Morgan fingerprint density at radius 1 is 1.24 bits per heavy atom. The molecule has 1 N–H and O–H groups in total. The van der Waals surface area contributed by atoms with Crippen LogP contribution in [0.15, 0.2) is 48.6 Å². The number of carbonyl (C=O) groups excluding carboxylic acids is 1. The number of benzene rings is 2. The van der Waals surface area contributed by atoms with Crippen molar-refractivity contribution < 1.29 is 28.8 Å². The van der Waals surface area contributed by atoms with Gasteiger partial charge in [-0.25, -0.2) is 4.79 Å². The van der Waals surface area contributed by atoms with Crippen molar-refractivity contribution in [3.63, 3.8) is 0 Å². The van der Waals surface area contributed by atoms with E-state index < -0.39 is 11.8 Å². The number of esters is 1. The fourth-order valence-corrected chi connectivity index (χ4v) is 6.02. The van der Waals surface area contributed by atoms with Gasteiger partial charge < -0.3 is 24.1 Å². The van der Waals surface area contributed by atoms with E-state index in [1.165, 1.54) is 0 Å². The van der Waals surface area contributed by atoms with Crippen LogP contribution in [0.1, 0.15) is 86.0 Å². The standard InChI is InChI=1S/C31H38O6/c1-4-6-8-14-24-15-23-16-25(32)28(30(33)34-18-21-12-9-7-10-13-21)29-27(23)26(36-24)17-31(37-29)20(3)22(11-5-2)19-35-31/h5,7,9-13,16,20,22,24,26,32H,4,6,8,14-15,17-19H2,1-3H3/b11-5+/t20-,22+,24+,26-,31-/m0/s1. The molecule has 6 heteroatoms.